The van der Waals surface area contributed by atoms with E-state index in [9.17, 15) is 0 Å². The molecular weight excluding hydrogens is 192 g/mol. The monoisotopic (exact) mass is 206 g/mol. The van der Waals surface area contributed by atoms with Crippen molar-refractivity contribution < 1.29 is 0 Å². The normalized spacial score (nSPS) is 10.7. The lowest BCUT2D eigenvalue weighted by Crippen LogP contribution is -2.06. The molecule has 2 aromatic heterocycles. The number of nitrogens with two attached hydrogens (primary N) is 1. The average Bonchev–Trinajstić information content (AvgIpc) is 2.85. The first kappa shape index (κ1) is 9.49. The van der Waals surface area contributed by atoms with Crippen molar-refractivity contribution in [2.75, 3.05) is 0 Å². The Labute approximate surface area is 88.0 Å². The molecule has 0 atom stereocenters. The Bertz CT molecular complexity index is 401. The molecule has 0 spiro atoms. The molecule has 0 radical (unpaired) electrons. The van der Waals surface area contributed by atoms with E-state index in [0.29, 0.717) is 6.54 Å². The summed E-state index contributed by atoms with van der Waals surface area (Å²) in [7, 11) is 0. The van der Waals surface area contributed by atoms with Crippen molar-refractivity contribution in [1.82, 2.24) is 4.57 Å². The van der Waals surface area contributed by atoms with Crippen molar-refractivity contribution >= 4 is 11.3 Å². The Kier molecular flexibility index (Phi) is 2.70. The summed E-state index contributed by atoms with van der Waals surface area (Å²) >= 11 is 1.77. The van der Waals surface area contributed by atoms with E-state index < -0.39 is 0 Å². The highest BCUT2D eigenvalue weighted by molar-refractivity contribution is 7.13. The van der Waals surface area contributed by atoms with Crippen LogP contribution in [0.1, 0.15) is 12.6 Å². The van der Waals surface area contributed by atoms with Gasteiger partial charge in [-0.25, -0.2) is 0 Å². The summed E-state index contributed by atoms with van der Waals surface area (Å²) in [5.74, 6) is 0. The number of hydrogen-bond donors (Lipinski definition) is 1. The number of rotatable bonds is 3. The lowest BCUT2D eigenvalue weighted by molar-refractivity contribution is 0.723. The van der Waals surface area contributed by atoms with Crippen LogP contribution in [0, 0.1) is 0 Å². The van der Waals surface area contributed by atoms with Crippen molar-refractivity contribution in [1.29, 1.82) is 0 Å². The van der Waals surface area contributed by atoms with Gasteiger partial charge in [0.15, 0.2) is 0 Å². The molecule has 0 saturated carbocycles. The van der Waals surface area contributed by atoms with E-state index in [4.69, 9.17) is 5.73 Å². The first-order chi connectivity index (χ1) is 6.86. The molecule has 0 aliphatic rings. The Balaban J connectivity index is 2.48. The molecule has 74 valence electrons. The fourth-order valence-corrected chi connectivity index (χ4v) is 2.46. The molecule has 14 heavy (non-hydrogen) atoms. The molecule has 0 saturated heterocycles. The van der Waals surface area contributed by atoms with Crippen LogP contribution in [0.25, 0.3) is 10.6 Å². The number of aromatic nitrogens is 1. The number of hydrogen-bond acceptors (Lipinski definition) is 2. The maximum absolute atomic E-state index is 5.68. The second kappa shape index (κ2) is 3.98. The van der Waals surface area contributed by atoms with Gasteiger partial charge in [-0.3, -0.25) is 0 Å². The third kappa shape index (κ3) is 1.49. The van der Waals surface area contributed by atoms with Crippen LogP contribution in [0.3, 0.4) is 0 Å². The minimum absolute atomic E-state index is 0.610. The molecule has 2 N–H and O–H groups in total. The van der Waals surface area contributed by atoms with Gasteiger partial charge in [-0.05, 0) is 30.5 Å². The lowest BCUT2D eigenvalue weighted by Gasteiger charge is -2.08. The van der Waals surface area contributed by atoms with E-state index >= 15 is 0 Å². The molecule has 2 rings (SSSR count). The van der Waals surface area contributed by atoms with Crippen LogP contribution in [0.4, 0.5) is 0 Å². The number of thiophene rings is 1. The Morgan fingerprint density at radius 2 is 2.21 bits per heavy atom. The van der Waals surface area contributed by atoms with E-state index in [1.165, 1.54) is 16.3 Å². The minimum Gasteiger partial charge on any atom is -0.343 e. The Morgan fingerprint density at radius 3 is 2.79 bits per heavy atom. The highest BCUT2D eigenvalue weighted by atomic mass is 32.1. The predicted molar refractivity (Wildman–Crippen MR) is 61.3 cm³/mol. The largest absolute Gasteiger partial charge is 0.343 e. The molecule has 0 bridgehead atoms. The third-order valence-electron chi connectivity index (χ3n) is 2.37. The maximum Gasteiger partial charge on any atom is 0.0584 e. The summed E-state index contributed by atoms with van der Waals surface area (Å²) in [6.45, 7) is 3.74. The second-order valence-electron chi connectivity index (χ2n) is 3.14. The average molecular weight is 206 g/mol. The van der Waals surface area contributed by atoms with Gasteiger partial charge in [0.1, 0.15) is 0 Å². The Morgan fingerprint density at radius 1 is 1.36 bits per heavy atom. The summed E-state index contributed by atoms with van der Waals surface area (Å²) in [6, 6.07) is 8.48. The van der Waals surface area contributed by atoms with Gasteiger partial charge in [0.05, 0.1) is 10.6 Å². The highest BCUT2D eigenvalue weighted by Crippen LogP contribution is 2.26. The summed E-state index contributed by atoms with van der Waals surface area (Å²) in [5.41, 5.74) is 8.16. The predicted octanol–water partition coefficient (Wildman–Crippen LogP) is 2.70. The van der Waals surface area contributed by atoms with Gasteiger partial charge in [0.25, 0.3) is 0 Å². The first-order valence-corrected chi connectivity index (χ1v) is 5.67. The lowest BCUT2D eigenvalue weighted by atomic mass is 10.3. The van der Waals surface area contributed by atoms with E-state index in [1.54, 1.807) is 11.3 Å². The van der Waals surface area contributed by atoms with Crippen molar-refractivity contribution in [3.05, 3.63) is 35.3 Å². The topological polar surface area (TPSA) is 30.9 Å². The zero-order chi connectivity index (χ0) is 9.97. The zero-order valence-corrected chi connectivity index (χ0v) is 9.05. The molecule has 0 fully saturated rings. The quantitative estimate of drug-likeness (QED) is 0.822. The molecule has 2 heterocycles. The van der Waals surface area contributed by atoms with Crippen molar-refractivity contribution in [3.8, 4) is 10.6 Å². The van der Waals surface area contributed by atoms with Gasteiger partial charge in [0, 0.05) is 18.8 Å². The maximum atomic E-state index is 5.68. The molecule has 0 unspecified atom stereocenters. The minimum atomic E-state index is 0.610. The SMILES string of the molecule is CCn1c(CN)ccc1-c1cccs1. The van der Waals surface area contributed by atoms with Crippen molar-refractivity contribution in [2.24, 2.45) is 5.73 Å². The van der Waals surface area contributed by atoms with Crippen LogP contribution >= 0.6 is 11.3 Å². The summed E-state index contributed by atoms with van der Waals surface area (Å²) in [6.07, 6.45) is 0. The standard InChI is InChI=1S/C11H14N2S/c1-2-13-9(8-12)5-6-10(13)11-4-3-7-14-11/h3-7H,2,8,12H2,1H3. The van der Waals surface area contributed by atoms with E-state index in [0.717, 1.165) is 6.54 Å². The summed E-state index contributed by atoms with van der Waals surface area (Å²) in [5, 5.41) is 2.10. The van der Waals surface area contributed by atoms with Crippen molar-refractivity contribution in [2.45, 2.75) is 20.0 Å². The van der Waals surface area contributed by atoms with E-state index in [-0.39, 0.29) is 0 Å². The van der Waals surface area contributed by atoms with Crippen molar-refractivity contribution in [3.63, 3.8) is 0 Å². The summed E-state index contributed by atoms with van der Waals surface area (Å²) < 4.78 is 2.27. The van der Waals surface area contributed by atoms with Crippen LogP contribution in [0.15, 0.2) is 29.6 Å². The molecule has 3 heteroatoms. The van der Waals surface area contributed by atoms with Gasteiger partial charge in [-0.1, -0.05) is 6.07 Å². The van der Waals surface area contributed by atoms with E-state index in [1.807, 2.05) is 0 Å². The first-order valence-electron chi connectivity index (χ1n) is 4.79. The fraction of sp³-hybridized carbons (Fsp3) is 0.273. The zero-order valence-electron chi connectivity index (χ0n) is 8.23. The van der Waals surface area contributed by atoms with Gasteiger partial charge in [-0.15, -0.1) is 11.3 Å². The van der Waals surface area contributed by atoms with Gasteiger partial charge in [-0.2, -0.15) is 0 Å². The van der Waals surface area contributed by atoms with Gasteiger partial charge >= 0.3 is 0 Å². The van der Waals surface area contributed by atoms with Gasteiger partial charge in [0.2, 0.25) is 0 Å². The molecule has 2 aromatic rings. The number of nitrogens with zero attached hydrogens (tertiary/aromatic N) is 1. The van der Waals surface area contributed by atoms with Crippen LogP contribution in [0.2, 0.25) is 0 Å². The molecule has 0 aromatic carbocycles. The third-order valence-corrected chi connectivity index (χ3v) is 3.26. The summed E-state index contributed by atoms with van der Waals surface area (Å²) in [4.78, 5) is 1.31. The van der Waals surface area contributed by atoms with Gasteiger partial charge < -0.3 is 10.3 Å². The molecule has 2 nitrogen and oxygen atoms in total. The smallest absolute Gasteiger partial charge is 0.0584 e. The van der Waals surface area contributed by atoms with Crippen LogP contribution in [-0.4, -0.2) is 4.57 Å². The second-order valence-corrected chi connectivity index (χ2v) is 4.08. The fourth-order valence-electron chi connectivity index (χ4n) is 1.70. The molecule has 0 aliphatic carbocycles. The highest BCUT2D eigenvalue weighted by Gasteiger charge is 2.07. The molecule has 0 amide bonds. The van der Waals surface area contributed by atoms with E-state index in [2.05, 4.69) is 41.1 Å². The van der Waals surface area contributed by atoms with Crippen LogP contribution < -0.4 is 5.73 Å². The van der Waals surface area contributed by atoms with Crippen LogP contribution in [-0.2, 0) is 13.1 Å². The van der Waals surface area contributed by atoms with Crippen LogP contribution in [0.5, 0.6) is 0 Å². The molecule has 0 aliphatic heterocycles. The Hall–Kier alpha value is -1.06. The molecular formula is C11H14N2S.